The van der Waals surface area contributed by atoms with Crippen LogP contribution in [0.2, 0.25) is 0 Å². The van der Waals surface area contributed by atoms with Gasteiger partial charge in [0.2, 0.25) is 11.8 Å². The number of carbonyl (C=O) groups is 2. The number of rotatable bonds is 4. The third kappa shape index (κ3) is 3.25. The molecule has 2 amide bonds. The predicted octanol–water partition coefficient (Wildman–Crippen LogP) is 2.22. The Labute approximate surface area is 147 Å². The molecule has 1 aliphatic carbocycles. The second-order valence-corrected chi connectivity index (χ2v) is 7.28. The molecule has 2 aromatic rings. The lowest BCUT2D eigenvalue weighted by molar-refractivity contribution is -0.143. The van der Waals surface area contributed by atoms with Crippen LogP contribution in [0.4, 0.5) is 0 Å². The lowest BCUT2D eigenvalue weighted by atomic mass is 10.0. The lowest BCUT2D eigenvalue weighted by Gasteiger charge is -2.35. The fourth-order valence-corrected chi connectivity index (χ4v) is 3.73. The van der Waals surface area contributed by atoms with Crippen molar-refractivity contribution < 1.29 is 9.59 Å². The number of hydrogen-bond acceptors (Lipinski definition) is 3. The summed E-state index contributed by atoms with van der Waals surface area (Å²) in [5.41, 5.74) is 1.85. The normalized spacial score (nSPS) is 25.8. The maximum atomic E-state index is 12.7. The Hall–Kier alpha value is -2.37. The number of fused-ring (bicyclic) bond motifs is 1. The Morgan fingerprint density at radius 3 is 2.88 bits per heavy atom. The largest absolute Gasteiger partial charge is 0.347 e. The maximum absolute atomic E-state index is 12.7. The van der Waals surface area contributed by atoms with E-state index in [0.29, 0.717) is 19.0 Å². The molecule has 1 aromatic carbocycles. The molecule has 0 bridgehead atoms. The number of aromatic amines is 1. The van der Waals surface area contributed by atoms with Gasteiger partial charge >= 0.3 is 0 Å². The monoisotopic (exact) mass is 340 g/mol. The number of hydrogen-bond donors (Lipinski definition) is 2. The van der Waals surface area contributed by atoms with E-state index in [2.05, 4.69) is 22.2 Å². The van der Waals surface area contributed by atoms with E-state index in [0.717, 1.165) is 42.5 Å². The van der Waals surface area contributed by atoms with Crippen molar-refractivity contribution in [2.75, 3.05) is 6.54 Å². The van der Waals surface area contributed by atoms with Crippen LogP contribution in [-0.4, -0.2) is 39.3 Å². The molecule has 132 valence electrons. The first kappa shape index (κ1) is 16.1. The van der Waals surface area contributed by atoms with E-state index in [1.165, 1.54) is 0 Å². The zero-order valence-corrected chi connectivity index (χ0v) is 14.5. The number of carbonyl (C=O) groups excluding carboxylic acids is 2. The highest BCUT2D eigenvalue weighted by atomic mass is 16.2. The number of aromatic nitrogens is 2. The highest BCUT2D eigenvalue weighted by Crippen LogP contribution is 2.40. The summed E-state index contributed by atoms with van der Waals surface area (Å²) in [5, 5.41) is 2.96. The second kappa shape index (κ2) is 6.50. The highest BCUT2D eigenvalue weighted by Gasteiger charge is 2.44. The van der Waals surface area contributed by atoms with Gasteiger partial charge in [-0.2, -0.15) is 0 Å². The number of likely N-dealkylation sites (tertiary alicyclic amines) is 1. The van der Waals surface area contributed by atoms with Gasteiger partial charge in [0.15, 0.2) is 0 Å². The molecule has 1 saturated carbocycles. The smallest absolute Gasteiger partial charge is 0.243 e. The summed E-state index contributed by atoms with van der Waals surface area (Å²) in [6.07, 6.45) is 3.69. The van der Waals surface area contributed by atoms with Gasteiger partial charge in [-0.3, -0.25) is 9.59 Å². The van der Waals surface area contributed by atoms with E-state index < -0.39 is 0 Å². The van der Waals surface area contributed by atoms with Gasteiger partial charge in [-0.15, -0.1) is 0 Å². The molecule has 2 fully saturated rings. The number of benzene rings is 1. The summed E-state index contributed by atoms with van der Waals surface area (Å²) in [6.45, 7) is 3.15. The molecule has 3 atom stereocenters. The molecule has 0 spiro atoms. The number of piperidine rings is 1. The van der Waals surface area contributed by atoms with Crippen molar-refractivity contribution in [1.29, 1.82) is 0 Å². The van der Waals surface area contributed by atoms with Gasteiger partial charge in [0, 0.05) is 12.5 Å². The van der Waals surface area contributed by atoms with E-state index >= 15 is 0 Å². The quantitative estimate of drug-likeness (QED) is 0.896. The summed E-state index contributed by atoms with van der Waals surface area (Å²) < 4.78 is 0. The van der Waals surface area contributed by atoms with E-state index in [-0.39, 0.29) is 23.8 Å². The van der Waals surface area contributed by atoms with Crippen molar-refractivity contribution >= 4 is 22.8 Å². The molecule has 1 aliphatic heterocycles. The minimum atomic E-state index is -0.335. The van der Waals surface area contributed by atoms with Crippen LogP contribution in [0.1, 0.15) is 38.4 Å². The molecule has 0 unspecified atom stereocenters. The van der Waals surface area contributed by atoms with Gasteiger partial charge in [-0.1, -0.05) is 19.1 Å². The standard InChI is InChI=1S/C19H24N4O2/c1-12-10-13(12)19(25)23-9-5-4-8-16(23)18(24)20-11-17-21-14-6-2-3-7-15(14)22-17/h2-3,6-7,12-13,16H,4-5,8-11H2,1H3,(H,20,24)(H,21,22)/t12-,13-,16+/m1/s1. The van der Waals surface area contributed by atoms with Gasteiger partial charge in [0.05, 0.1) is 17.6 Å². The SMILES string of the molecule is C[C@@H]1C[C@H]1C(=O)N1CCCC[C@H]1C(=O)NCc1nc2ccccc2[nH]1. The first-order valence-electron chi connectivity index (χ1n) is 9.15. The zero-order valence-electron chi connectivity index (χ0n) is 14.5. The van der Waals surface area contributed by atoms with Gasteiger partial charge in [-0.25, -0.2) is 4.98 Å². The van der Waals surface area contributed by atoms with Crippen LogP contribution < -0.4 is 5.32 Å². The minimum absolute atomic E-state index is 0.0678. The molecule has 25 heavy (non-hydrogen) atoms. The Kier molecular flexibility index (Phi) is 4.19. The van der Waals surface area contributed by atoms with Crippen molar-refractivity contribution in [3.63, 3.8) is 0 Å². The van der Waals surface area contributed by atoms with Gasteiger partial charge in [0.1, 0.15) is 11.9 Å². The number of imidazole rings is 1. The Balaban J connectivity index is 1.40. The topological polar surface area (TPSA) is 78.1 Å². The molecular weight excluding hydrogens is 316 g/mol. The van der Waals surface area contributed by atoms with Crippen molar-refractivity contribution in [3.05, 3.63) is 30.1 Å². The molecule has 2 N–H and O–H groups in total. The maximum Gasteiger partial charge on any atom is 0.243 e. The molecule has 1 saturated heterocycles. The molecule has 2 aliphatic rings. The van der Waals surface area contributed by atoms with Gasteiger partial charge in [0.25, 0.3) is 0 Å². The number of H-pyrrole nitrogens is 1. The van der Waals surface area contributed by atoms with Gasteiger partial charge < -0.3 is 15.2 Å². The molecule has 6 heteroatoms. The predicted molar refractivity (Wildman–Crippen MR) is 94.6 cm³/mol. The van der Waals surface area contributed by atoms with E-state index in [4.69, 9.17) is 0 Å². The average molecular weight is 340 g/mol. The third-order valence-electron chi connectivity index (χ3n) is 5.38. The van der Waals surface area contributed by atoms with Crippen LogP contribution in [0.15, 0.2) is 24.3 Å². The average Bonchev–Trinajstić information content (AvgIpc) is 3.22. The second-order valence-electron chi connectivity index (χ2n) is 7.28. The number of nitrogens with one attached hydrogen (secondary N) is 2. The fourth-order valence-electron chi connectivity index (χ4n) is 3.73. The summed E-state index contributed by atoms with van der Waals surface area (Å²) in [7, 11) is 0. The lowest BCUT2D eigenvalue weighted by Crippen LogP contribution is -2.52. The zero-order chi connectivity index (χ0) is 17.4. The summed E-state index contributed by atoms with van der Waals surface area (Å²) in [5.74, 6) is 1.43. The van der Waals surface area contributed by atoms with Crippen LogP contribution in [0.3, 0.4) is 0 Å². The van der Waals surface area contributed by atoms with Crippen molar-refractivity contribution in [2.24, 2.45) is 11.8 Å². The summed E-state index contributed by atoms with van der Waals surface area (Å²) >= 11 is 0. The van der Waals surface area contributed by atoms with Crippen LogP contribution in [0.5, 0.6) is 0 Å². The number of amides is 2. The summed E-state index contributed by atoms with van der Waals surface area (Å²) in [6, 6.07) is 7.46. The van der Waals surface area contributed by atoms with Crippen LogP contribution in [0, 0.1) is 11.8 Å². The Morgan fingerprint density at radius 1 is 1.32 bits per heavy atom. The van der Waals surface area contributed by atoms with Crippen molar-refractivity contribution in [2.45, 2.75) is 45.2 Å². The van der Waals surface area contributed by atoms with Crippen LogP contribution in [0.25, 0.3) is 11.0 Å². The molecular formula is C19H24N4O2. The third-order valence-corrected chi connectivity index (χ3v) is 5.38. The van der Waals surface area contributed by atoms with E-state index in [1.54, 1.807) is 0 Å². The molecule has 4 rings (SSSR count). The van der Waals surface area contributed by atoms with E-state index in [9.17, 15) is 9.59 Å². The van der Waals surface area contributed by atoms with Crippen molar-refractivity contribution in [1.82, 2.24) is 20.2 Å². The fraction of sp³-hybridized carbons (Fsp3) is 0.526. The minimum Gasteiger partial charge on any atom is -0.347 e. The Bertz CT molecular complexity index is 767. The Morgan fingerprint density at radius 2 is 2.12 bits per heavy atom. The molecule has 2 heterocycles. The first-order chi connectivity index (χ1) is 12.1. The highest BCUT2D eigenvalue weighted by molar-refractivity contribution is 5.89. The van der Waals surface area contributed by atoms with Crippen LogP contribution in [-0.2, 0) is 16.1 Å². The van der Waals surface area contributed by atoms with Crippen molar-refractivity contribution in [3.8, 4) is 0 Å². The number of para-hydroxylation sites is 2. The summed E-state index contributed by atoms with van der Waals surface area (Å²) in [4.78, 5) is 34.8. The molecule has 6 nitrogen and oxygen atoms in total. The first-order valence-corrected chi connectivity index (χ1v) is 9.15. The molecule has 0 radical (unpaired) electrons. The van der Waals surface area contributed by atoms with E-state index in [1.807, 2.05) is 29.2 Å². The number of nitrogens with zero attached hydrogens (tertiary/aromatic N) is 2. The molecule has 1 aromatic heterocycles. The van der Waals surface area contributed by atoms with Crippen LogP contribution >= 0.6 is 0 Å². The van der Waals surface area contributed by atoms with Gasteiger partial charge in [-0.05, 0) is 43.7 Å².